The van der Waals surface area contributed by atoms with Crippen molar-refractivity contribution in [3.05, 3.63) is 24.0 Å². The van der Waals surface area contributed by atoms with Crippen LogP contribution in [-0.2, 0) is 4.74 Å². The highest BCUT2D eigenvalue weighted by atomic mass is 16.5. The van der Waals surface area contributed by atoms with Gasteiger partial charge in [-0.3, -0.25) is 4.79 Å². The topological polar surface area (TPSA) is 95.1 Å². The summed E-state index contributed by atoms with van der Waals surface area (Å²) in [6, 6.07) is 1.90. The first-order chi connectivity index (χ1) is 9.25. The first-order valence-corrected chi connectivity index (χ1v) is 6.22. The van der Waals surface area contributed by atoms with Crippen LogP contribution in [0.1, 0.15) is 23.2 Å². The number of nitrogens with zero attached hydrogens (tertiary/aromatic N) is 3. The highest BCUT2D eigenvalue weighted by Crippen LogP contribution is 2.16. The number of amides is 1. The number of fused-ring (bicyclic) bond motifs is 1. The van der Waals surface area contributed by atoms with Gasteiger partial charge in [0.05, 0.1) is 17.1 Å². The zero-order valence-electron chi connectivity index (χ0n) is 10.4. The number of carbonyl (C=O) groups is 1. The van der Waals surface area contributed by atoms with Crippen LogP contribution < -0.4 is 11.2 Å². The molecule has 1 amide bonds. The van der Waals surface area contributed by atoms with E-state index in [0.29, 0.717) is 22.6 Å². The molecule has 1 aliphatic rings. The van der Waals surface area contributed by atoms with E-state index in [2.05, 4.69) is 15.5 Å². The predicted octanol–water partition coefficient (Wildman–Crippen LogP) is 0.253. The zero-order chi connectivity index (χ0) is 13.2. The van der Waals surface area contributed by atoms with Gasteiger partial charge in [-0.25, -0.2) is 4.98 Å². The minimum atomic E-state index is -0.474. The van der Waals surface area contributed by atoms with Crippen molar-refractivity contribution >= 4 is 16.9 Å². The maximum atomic E-state index is 11.3. The average molecular weight is 261 g/mol. The van der Waals surface area contributed by atoms with Crippen molar-refractivity contribution in [2.45, 2.75) is 18.9 Å². The molecule has 1 fully saturated rings. The van der Waals surface area contributed by atoms with Crippen LogP contribution in [0.15, 0.2) is 18.5 Å². The Morgan fingerprint density at radius 2 is 2.26 bits per heavy atom. The Hall–Kier alpha value is -2.15. The molecule has 7 heteroatoms. The monoisotopic (exact) mass is 261 g/mol. The lowest BCUT2D eigenvalue weighted by Gasteiger charge is -2.23. The number of ether oxygens (including phenoxy) is 1. The maximum Gasteiger partial charge on any atom is 0.249 e. The number of primary amides is 1. The van der Waals surface area contributed by atoms with E-state index < -0.39 is 5.91 Å². The highest BCUT2D eigenvalue weighted by molar-refractivity contribution is 6.04. The predicted molar refractivity (Wildman–Crippen MR) is 69.2 cm³/mol. The lowest BCUT2D eigenvalue weighted by molar-refractivity contribution is 0.0877. The summed E-state index contributed by atoms with van der Waals surface area (Å²) >= 11 is 0. The molecule has 0 spiro atoms. The van der Waals surface area contributed by atoms with Crippen LogP contribution in [0.4, 0.5) is 0 Å². The van der Waals surface area contributed by atoms with Crippen molar-refractivity contribution in [1.29, 1.82) is 0 Å². The average Bonchev–Trinajstić information content (AvgIpc) is 2.83. The largest absolute Gasteiger partial charge is 0.381 e. The molecule has 0 atom stereocenters. The number of rotatable bonds is 3. The van der Waals surface area contributed by atoms with Crippen LogP contribution in [0, 0.1) is 0 Å². The zero-order valence-corrected chi connectivity index (χ0v) is 10.4. The molecular formula is C12H15N5O2. The second kappa shape index (κ2) is 4.85. The minimum absolute atomic E-state index is 0.302. The number of aromatic nitrogens is 3. The first-order valence-electron chi connectivity index (χ1n) is 6.22. The van der Waals surface area contributed by atoms with Crippen LogP contribution in [0.3, 0.4) is 0 Å². The molecule has 0 bridgehead atoms. The van der Waals surface area contributed by atoms with Gasteiger partial charge in [0.2, 0.25) is 5.91 Å². The van der Waals surface area contributed by atoms with E-state index in [1.54, 1.807) is 23.3 Å². The molecule has 7 nitrogen and oxygen atoms in total. The van der Waals surface area contributed by atoms with Gasteiger partial charge in [-0.1, -0.05) is 0 Å². The molecule has 2 aromatic heterocycles. The maximum absolute atomic E-state index is 11.3. The third kappa shape index (κ3) is 2.24. The second-order valence-corrected chi connectivity index (χ2v) is 4.53. The number of hydrogen-bond donors (Lipinski definition) is 2. The van der Waals surface area contributed by atoms with E-state index in [9.17, 15) is 4.79 Å². The van der Waals surface area contributed by atoms with Crippen LogP contribution in [0.5, 0.6) is 0 Å². The minimum Gasteiger partial charge on any atom is -0.381 e. The lowest BCUT2D eigenvalue weighted by Crippen LogP contribution is -2.34. The Balaban J connectivity index is 1.92. The van der Waals surface area contributed by atoms with Gasteiger partial charge in [-0.15, -0.1) is 0 Å². The molecule has 0 unspecified atom stereocenters. The molecule has 0 saturated carbocycles. The smallest absolute Gasteiger partial charge is 0.249 e. The molecule has 19 heavy (non-hydrogen) atoms. The second-order valence-electron chi connectivity index (χ2n) is 4.53. The summed E-state index contributed by atoms with van der Waals surface area (Å²) in [5, 5.41) is 4.89. The van der Waals surface area contributed by atoms with Gasteiger partial charge in [0.15, 0.2) is 5.65 Å². The first kappa shape index (κ1) is 11.9. The number of hydrogen-bond acceptors (Lipinski definition) is 5. The quantitative estimate of drug-likeness (QED) is 0.826. The van der Waals surface area contributed by atoms with E-state index in [-0.39, 0.29) is 0 Å². The fourth-order valence-electron chi connectivity index (χ4n) is 2.24. The molecule has 100 valence electrons. The molecule has 2 aromatic rings. The Kier molecular flexibility index (Phi) is 3.04. The summed E-state index contributed by atoms with van der Waals surface area (Å²) in [5.74, 6) is -0.474. The molecule has 3 rings (SSSR count). The molecule has 3 N–H and O–H groups in total. The normalized spacial score (nSPS) is 16.6. The lowest BCUT2D eigenvalue weighted by atomic mass is 10.1. The summed E-state index contributed by atoms with van der Waals surface area (Å²) < 4.78 is 5.31. The van der Waals surface area contributed by atoms with Gasteiger partial charge < -0.3 is 15.9 Å². The summed E-state index contributed by atoms with van der Waals surface area (Å²) in [6.45, 7) is 1.49. The van der Waals surface area contributed by atoms with Crippen LogP contribution >= 0.6 is 0 Å². The van der Waals surface area contributed by atoms with Gasteiger partial charge in [-0.05, 0) is 18.9 Å². The van der Waals surface area contributed by atoms with Gasteiger partial charge >= 0.3 is 0 Å². The van der Waals surface area contributed by atoms with Crippen molar-refractivity contribution in [3.8, 4) is 0 Å². The Bertz CT molecular complexity index is 603. The van der Waals surface area contributed by atoms with Gasteiger partial charge in [0.1, 0.15) is 0 Å². The third-order valence-electron chi connectivity index (χ3n) is 3.26. The summed E-state index contributed by atoms with van der Waals surface area (Å²) in [4.78, 5) is 17.2. The molecule has 0 aromatic carbocycles. The number of pyridine rings is 1. The molecular weight excluding hydrogens is 246 g/mol. The van der Waals surface area contributed by atoms with Crippen LogP contribution in [0.2, 0.25) is 0 Å². The summed E-state index contributed by atoms with van der Waals surface area (Å²) in [7, 11) is 0. The van der Waals surface area contributed by atoms with E-state index in [0.717, 1.165) is 26.1 Å². The van der Waals surface area contributed by atoms with Crippen molar-refractivity contribution in [3.63, 3.8) is 0 Å². The summed E-state index contributed by atoms with van der Waals surface area (Å²) in [5.41, 5.74) is 9.66. The van der Waals surface area contributed by atoms with Crippen LogP contribution in [-0.4, -0.2) is 40.0 Å². The van der Waals surface area contributed by atoms with E-state index in [1.165, 1.54) is 0 Å². The van der Waals surface area contributed by atoms with Gasteiger partial charge in [0.25, 0.3) is 0 Å². The number of carbonyl (C=O) groups excluding carboxylic acids is 1. The van der Waals surface area contributed by atoms with Gasteiger partial charge in [0, 0.05) is 25.5 Å². The number of nitrogens with one attached hydrogen (secondary N) is 1. The van der Waals surface area contributed by atoms with E-state index in [4.69, 9.17) is 10.5 Å². The highest BCUT2D eigenvalue weighted by Gasteiger charge is 2.17. The molecule has 0 radical (unpaired) electrons. The fourth-order valence-corrected chi connectivity index (χ4v) is 2.24. The molecule has 1 aliphatic heterocycles. The Morgan fingerprint density at radius 1 is 1.47 bits per heavy atom. The third-order valence-corrected chi connectivity index (χ3v) is 3.26. The van der Waals surface area contributed by atoms with Crippen molar-refractivity contribution in [2.24, 2.45) is 5.73 Å². The SMILES string of the molecule is NC(=O)c1ccnc2c1cnn2NC1CCOCC1. The van der Waals surface area contributed by atoms with Crippen molar-refractivity contribution in [2.75, 3.05) is 18.6 Å². The van der Waals surface area contributed by atoms with Crippen molar-refractivity contribution < 1.29 is 9.53 Å². The number of nitrogens with two attached hydrogens (primary N) is 1. The molecule has 1 saturated heterocycles. The Labute approximate surface area is 109 Å². The van der Waals surface area contributed by atoms with E-state index in [1.807, 2.05) is 0 Å². The van der Waals surface area contributed by atoms with Crippen molar-refractivity contribution in [1.82, 2.24) is 14.9 Å². The standard InChI is InChI=1S/C12H15N5O2/c13-11(18)9-1-4-14-12-10(9)7-15-17(12)16-8-2-5-19-6-3-8/h1,4,7-8,16H,2-3,5-6H2,(H2,13,18). The van der Waals surface area contributed by atoms with Crippen LogP contribution in [0.25, 0.3) is 11.0 Å². The van der Waals surface area contributed by atoms with Gasteiger partial charge in [-0.2, -0.15) is 9.89 Å². The molecule has 0 aliphatic carbocycles. The molecule has 3 heterocycles. The summed E-state index contributed by atoms with van der Waals surface area (Å²) in [6.07, 6.45) is 5.02. The van der Waals surface area contributed by atoms with E-state index >= 15 is 0 Å². The Morgan fingerprint density at radius 3 is 3.00 bits per heavy atom. The fraction of sp³-hybridized carbons (Fsp3) is 0.417.